The second kappa shape index (κ2) is 2.26. The van der Waals surface area contributed by atoms with Gasteiger partial charge in [0.05, 0.1) is 0 Å². The van der Waals surface area contributed by atoms with Crippen molar-refractivity contribution in [2.45, 2.75) is 39.0 Å². The Bertz CT molecular complexity index is 302. The fraction of sp³-hybridized carbons (Fsp3) is 0.750. The van der Waals surface area contributed by atoms with Gasteiger partial charge >= 0.3 is 0 Å². The number of hydrogen-bond donors (Lipinski definition) is 0. The molecule has 13 heavy (non-hydrogen) atoms. The van der Waals surface area contributed by atoms with Crippen LogP contribution in [0.1, 0.15) is 39.0 Å². The molecule has 0 aromatic carbocycles. The van der Waals surface area contributed by atoms with Gasteiger partial charge in [0.25, 0.3) is 0 Å². The molecular weight excluding hydrogens is 160 g/mol. The standard InChI is InChI=1S/C12H16O/c1-8-4-5-12-7-10(13)6-9(12)2-3-11(8)12/h6,8,11H,2-5,7H2,1H3/t8-,11-,12+/m0/s1. The topological polar surface area (TPSA) is 17.1 Å². The molecule has 0 aromatic heterocycles. The Hall–Kier alpha value is -0.590. The molecule has 0 N–H and O–H groups in total. The molecular formula is C12H16O. The van der Waals surface area contributed by atoms with Gasteiger partial charge in [-0.3, -0.25) is 4.79 Å². The van der Waals surface area contributed by atoms with Gasteiger partial charge in [-0.25, -0.2) is 0 Å². The predicted molar refractivity (Wildman–Crippen MR) is 51.3 cm³/mol. The van der Waals surface area contributed by atoms with Gasteiger partial charge < -0.3 is 0 Å². The molecule has 0 aliphatic heterocycles. The summed E-state index contributed by atoms with van der Waals surface area (Å²) >= 11 is 0. The van der Waals surface area contributed by atoms with E-state index in [4.69, 9.17) is 0 Å². The number of rotatable bonds is 0. The van der Waals surface area contributed by atoms with Crippen molar-refractivity contribution in [3.05, 3.63) is 11.6 Å². The van der Waals surface area contributed by atoms with Crippen molar-refractivity contribution in [3.8, 4) is 0 Å². The molecule has 1 nitrogen and oxygen atoms in total. The first kappa shape index (κ1) is 7.78. The van der Waals surface area contributed by atoms with Crippen LogP contribution in [-0.2, 0) is 4.79 Å². The van der Waals surface area contributed by atoms with E-state index in [1.54, 1.807) is 0 Å². The Labute approximate surface area is 79.2 Å². The Morgan fingerprint density at radius 2 is 2.31 bits per heavy atom. The van der Waals surface area contributed by atoms with Crippen LogP contribution in [0, 0.1) is 17.3 Å². The van der Waals surface area contributed by atoms with Crippen LogP contribution in [0.4, 0.5) is 0 Å². The van der Waals surface area contributed by atoms with Gasteiger partial charge in [0.1, 0.15) is 0 Å². The fourth-order valence-corrected chi connectivity index (χ4v) is 4.04. The van der Waals surface area contributed by atoms with Gasteiger partial charge in [0.15, 0.2) is 5.78 Å². The van der Waals surface area contributed by atoms with Crippen molar-refractivity contribution in [3.63, 3.8) is 0 Å². The lowest BCUT2D eigenvalue weighted by atomic mass is 9.76. The number of hydrogen-bond acceptors (Lipinski definition) is 1. The lowest BCUT2D eigenvalue weighted by molar-refractivity contribution is -0.115. The Balaban J connectivity index is 2.06. The van der Waals surface area contributed by atoms with Gasteiger partial charge in [0, 0.05) is 11.8 Å². The molecule has 0 saturated heterocycles. The van der Waals surface area contributed by atoms with E-state index in [1.165, 1.54) is 31.3 Å². The van der Waals surface area contributed by atoms with E-state index in [0.717, 1.165) is 18.3 Å². The van der Waals surface area contributed by atoms with Gasteiger partial charge in [-0.1, -0.05) is 12.5 Å². The summed E-state index contributed by atoms with van der Waals surface area (Å²) in [5, 5.41) is 0. The third-order valence-corrected chi connectivity index (χ3v) is 4.63. The molecule has 3 aliphatic rings. The monoisotopic (exact) mass is 176 g/mol. The molecule has 2 saturated carbocycles. The maximum absolute atomic E-state index is 11.4. The van der Waals surface area contributed by atoms with Crippen molar-refractivity contribution < 1.29 is 4.79 Å². The Morgan fingerprint density at radius 3 is 3.15 bits per heavy atom. The van der Waals surface area contributed by atoms with Gasteiger partial charge in [-0.05, 0) is 43.6 Å². The summed E-state index contributed by atoms with van der Waals surface area (Å²) in [5.41, 5.74) is 1.88. The zero-order valence-electron chi connectivity index (χ0n) is 8.18. The van der Waals surface area contributed by atoms with Gasteiger partial charge in [-0.15, -0.1) is 0 Å². The largest absolute Gasteiger partial charge is 0.295 e. The molecule has 1 heteroatoms. The lowest BCUT2D eigenvalue weighted by Crippen LogP contribution is -2.22. The number of ketones is 1. The first-order valence-electron chi connectivity index (χ1n) is 5.46. The summed E-state index contributed by atoms with van der Waals surface area (Å²) in [6.45, 7) is 2.37. The second-order valence-electron chi connectivity index (χ2n) is 5.13. The van der Waals surface area contributed by atoms with Crippen molar-refractivity contribution in [1.29, 1.82) is 0 Å². The SMILES string of the molecule is C[C@H]1CC[C@@]23CC(=O)C=C2CC[C@@H]13. The van der Waals surface area contributed by atoms with Crippen molar-refractivity contribution in [1.82, 2.24) is 0 Å². The molecule has 0 aromatic rings. The molecule has 0 amide bonds. The van der Waals surface area contributed by atoms with E-state index in [2.05, 4.69) is 6.92 Å². The molecule has 0 bridgehead atoms. The maximum Gasteiger partial charge on any atom is 0.156 e. The first-order valence-corrected chi connectivity index (χ1v) is 5.46. The van der Waals surface area contributed by atoms with Crippen LogP contribution in [0.3, 0.4) is 0 Å². The summed E-state index contributed by atoms with van der Waals surface area (Å²) in [5.74, 6) is 2.09. The highest BCUT2D eigenvalue weighted by molar-refractivity contribution is 5.94. The highest BCUT2D eigenvalue weighted by atomic mass is 16.1. The van der Waals surface area contributed by atoms with E-state index in [9.17, 15) is 4.79 Å². The molecule has 0 unspecified atom stereocenters. The molecule has 2 fully saturated rings. The zero-order valence-corrected chi connectivity index (χ0v) is 8.18. The molecule has 3 aliphatic carbocycles. The third-order valence-electron chi connectivity index (χ3n) is 4.63. The average Bonchev–Trinajstić information content (AvgIpc) is 2.62. The third kappa shape index (κ3) is 0.806. The summed E-state index contributed by atoms with van der Waals surface area (Å²) in [6.07, 6.45) is 7.99. The van der Waals surface area contributed by atoms with Crippen LogP contribution >= 0.6 is 0 Å². The van der Waals surface area contributed by atoms with E-state index in [0.29, 0.717) is 11.2 Å². The summed E-state index contributed by atoms with van der Waals surface area (Å²) in [4.78, 5) is 11.4. The quantitative estimate of drug-likeness (QED) is 0.554. The molecule has 3 rings (SSSR count). The van der Waals surface area contributed by atoms with E-state index in [1.807, 2.05) is 6.08 Å². The molecule has 0 heterocycles. The van der Waals surface area contributed by atoms with Crippen LogP contribution in [0.15, 0.2) is 11.6 Å². The van der Waals surface area contributed by atoms with Crippen LogP contribution in [0.5, 0.6) is 0 Å². The van der Waals surface area contributed by atoms with E-state index < -0.39 is 0 Å². The molecule has 1 spiro atoms. The second-order valence-corrected chi connectivity index (χ2v) is 5.13. The fourth-order valence-electron chi connectivity index (χ4n) is 4.04. The normalized spacial score (nSPS) is 47.8. The highest BCUT2D eigenvalue weighted by Gasteiger charge is 2.55. The minimum Gasteiger partial charge on any atom is -0.295 e. The van der Waals surface area contributed by atoms with Crippen LogP contribution in [0.25, 0.3) is 0 Å². The van der Waals surface area contributed by atoms with Crippen LogP contribution < -0.4 is 0 Å². The smallest absolute Gasteiger partial charge is 0.156 e. The maximum atomic E-state index is 11.4. The van der Waals surface area contributed by atoms with Crippen molar-refractivity contribution in [2.24, 2.45) is 17.3 Å². The zero-order chi connectivity index (χ0) is 9.05. The number of carbonyl (C=O) groups is 1. The Kier molecular flexibility index (Phi) is 1.35. The predicted octanol–water partition coefficient (Wildman–Crippen LogP) is 2.71. The first-order chi connectivity index (χ1) is 6.22. The minimum atomic E-state index is 0.372. The van der Waals surface area contributed by atoms with Crippen molar-refractivity contribution in [2.75, 3.05) is 0 Å². The molecule has 70 valence electrons. The summed E-state index contributed by atoms with van der Waals surface area (Å²) in [7, 11) is 0. The average molecular weight is 176 g/mol. The van der Waals surface area contributed by atoms with Crippen LogP contribution in [-0.4, -0.2) is 5.78 Å². The molecule has 3 atom stereocenters. The minimum absolute atomic E-state index is 0.372. The van der Waals surface area contributed by atoms with E-state index >= 15 is 0 Å². The highest BCUT2D eigenvalue weighted by Crippen LogP contribution is 2.63. The lowest BCUT2D eigenvalue weighted by Gasteiger charge is -2.27. The van der Waals surface area contributed by atoms with Crippen LogP contribution in [0.2, 0.25) is 0 Å². The molecule has 0 radical (unpaired) electrons. The van der Waals surface area contributed by atoms with Gasteiger partial charge in [-0.2, -0.15) is 0 Å². The van der Waals surface area contributed by atoms with E-state index in [-0.39, 0.29) is 0 Å². The number of carbonyl (C=O) groups excluding carboxylic acids is 1. The van der Waals surface area contributed by atoms with Gasteiger partial charge in [0.2, 0.25) is 0 Å². The summed E-state index contributed by atoms with van der Waals surface area (Å²) in [6, 6.07) is 0. The van der Waals surface area contributed by atoms with Crippen molar-refractivity contribution >= 4 is 5.78 Å². The summed E-state index contributed by atoms with van der Waals surface area (Å²) < 4.78 is 0. The number of allylic oxidation sites excluding steroid dienone is 2. The Morgan fingerprint density at radius 1 is 1.46 bits per heavy atom.